The molecule has 0 bridgehead atoms. The maximum absolute atomic E-state index is 12.5. The average molecular weight is 486 g/mol. The van der Waals surface area contributed by atoms with Crippen molar-refractivity contribution in [2.24, 2.45) is 0 Å². The van der Waals surface area contributed by atoms with Crippen LogP contribution in [0.5, 0.6) is 17.2 Å². The number of anilines is 1. The molecule has 0 saturated heterocycles. The monoisotopic (exact) mass is 485 g/mol. The lowest BCUT2D eigenvalue weighted by Crippen LogP contribution is -2.31. The molecule has 10 nitrogen and oxygen atoms in total. The van der Waals surface area contributed by atoms with Gasteiger partial charge in [-0.15, -0.1) is 10.2 Å². The van der Waals surface area contributed by atoms with Crippen LogP contribution in [0.15, 0.2) is 42.5 Å². The van der Waals surface area contributed by atoms with Crippen LogP contribution in [0.4, 0.5) is 5.69 Å². The Labute approximate surface area is 201 Å². The Morgan fingerprint density at radius 2 is 1.71 bits per heavy atom. The van der Waals surface area contributed by atoms with Gasteiger partial charge in [0.15, 0.2) is 16.5 Å². The highest BCUT2D eigenvalue weighted by atomic mass is 32.1. The molecule has 180 valence electrons. The second-order valence-corrected chi connectivity index (χ2v) is 8.46. The van der Waals surface area contributed by atoms with Crippen molar-refractivity contribution in [3.63, 3.8) is 0 Å². The van der Waals surface area contributed by atoms with E-state index < -0.39 is 5.91 Å². The van der Waals surface area contributed by atoms with Gasteiger partial charge in [0, 0.05) is 30.4 Å². The number of nitrogens with zero attached hydrogens (tertiary/aromatic N) is 3. The topological polar surface area (TPSA) is 115 Å². The summed E-state index contributed by atoms with van der Waals surface area (Å²) in [5, 5.41) is 14.3. The van der Waals surface area contributed by atoms with Gasteiger partial charge in [0.25, 0.3) is 11.8 Å². The van der Waals surface area contributed by atoms with Gasteiger partial charge in [0.1, 0.15) is 12.4 Å². The number of hydrogen-bond acceptors (Lipinski definition) is 9. The van der Waals surface area contributed by atoms with E-state index in [1.165, 1.54) is 0 Å². The van der Waals surface area contributed by atoms with Crippen molar-refractivity contribution in [1.82, 2.24) is 20.4 Å². The van der Waals surface area contributed by atoms with E-state index in [2.05, 4.69) is 20.8 Å². The van der Waals surface area contributed by atoms with Crippen molar-refractivity contribution in [2.75, 3.05) is 46.7 Å². The Balaban J connectivity index is 1.52. The van der Waals surface area contributed by atoms with Crippen LogP contribution in [-0.2, 0) is 6.61 Å². The number of ether oxygens (including phenoxy) is 3. The predicted octanol–water partition coefficient (Wildman–Crippen LogP) is 2.68. The van der Waals surface area contributed by atoms with Crippen molar-refractivity contribution in [3.8, 4) is 17.2 Å². The summed E-state index contributed by atoms with van der Waals surface area (Å²) in [6.07, 6.45) is 0. The second-order valence-electron chi connectivity index (χ2n) is 7.40. The van der Waals surface area contributed by atoms with Crippen molar-refractivity contribution in [1.29, 1.82) is 0 Å². The summed E-state index contributed by atoms with van der Waals surface area (Å²) in [5.41, 5.74) is 1.07. The van der Waals surface area contributed by atoms with Gasteiger partial charge < -0.3 is 29.7 Å². The number of carbonyl (C=O) groups excluding carboxylic acids is 2. The molecule has 0 spiro atoms. The zero-order valence-corrected chi connectivity index (χ0v) is 20.3. The molecule has 0 aliphatic heterocycles. The molecule has 1 heterocycles. The van der Waals surface area contributed by atoms with Gasteiger partial charge in [-0.1, -0.05) is 11.3 Å². The smallest absolute Gasteiger partial charge is 0.286 e. The van der Waals surface area contributed by atoms with E-state index in [0.717, 1.165) is 17.9 Å². The molecule has 0 fully saturated rings. The Bertz CT molecular complexity index is 1120. The summed E-state index contributed by atoms with van der Waals surface area (Å²) in [5.74, 6) is 1.17. The number of carbonyl (C=O) groups is 2. The van der Waals surface area contributed by atoms with Crippen molar-refractivity contribution in [2.45, 2.75) is 6.61 Å². The number of benzene rings is 2. The van der Waals surface area contributed by atoms with E-state index in [1.54, 1.807) is 56.7 Å². The van der Waals surface area contributed by atoms with Crippen LogP contribution < -0.4 is 24.8 Å². The van der Waals surface area contributed by atoms with Crippen LogP contribution in [0.1, 0.15) is 25.2 Å². The fourth-order valence-corrected chi connectivity index (χ4v) is 3.49. The van der Waals surface area contributed by atoms with Crippen LogP contribution in [0, 0.1) is 0 Å². The van der Waals surface area contributed by atoms with E-state index in [4.69, 9.17) is 14.2 Å². The zero-order chi connectivity index (χ0) is 24.5. The van der Waals surface area contributed by atoms with Crippen LogP contribution in [-0.4, -0.2) is 68.3 Å². The molecule has 0 aliphatic carbocycles. The van der Waals surface area contributed by atoms with Gasteiger partial charge in [-0.25, -0.2) is 0 Å². The van der Waals surface area contributed by atoms with Gasteiger partial charge in [-0.2, -0.15) is 0 Å². The molecule has 11 heteroatoms. The highest BCUT2D eigenvalue weighted by molar-refractivity contribution is 7.13. The Morgan fingerprint density at radius 1 is 0.971 bits per heavy atom. The molecule has 2 N–H and O–H groups in total. The molecule has 0 unspecified atom stereocenters. The zero-order valence-electron chi connectivity index (χ0n) is 19.5. The summed E-state index contributed by atoms with van der Waals surface area (Å²) in [6.45, 7) is 1.46. The van der Waals surface area contributed by atoms with Gasteiger partial charge >= 0.3 is 0 Å². The van der Waals surface area contributed by atoms with Crippen LogP contribution >= 0.6 is 11.3 Å². The minimum atomic E-state index is -0.391. The molecule has 3 aromatic rings. The van der Waals surface area contributed by atoms with Crippen molar-refractivity contribution < 1.29 is 23.8 Å². The first-order valence-corrected chi connectivity index (χ1v) is 11.2. The lowest BCUT2D eigenvalue weighted by Gasteiger charge is -2.10. The summed E-state index contributed by atoms with van der Waals surface area (Å²) < 4.78 is 16.2. The molecule has 1 aromatic heterocycles. The number of amides is 2. The van der Waals surface area contributed by atoms with Crippen LogP contribution in [0.3, 0.4) is 0 Å². The van der Waals surface area contributed by atoms with E-state index in [1.807, 2.05) is 19.0 Å². The average Bonchev–Trinajstić information content (AvgIpc) is 3.32. The quantitative estimate of drug-likeness (QED) is 0.426. The number of hydrogen-bond donors (Lipinski definition) is 2. The summed E-state index contributed by atoms with van der Waals surface area (Å²) in [6, 6.07) is 11.8. The fourth-order valence-electron chi connectivity index (χ4n) is 2.84. The van der Waals surface area contributed by atoms with E-state index in [9.17, 15) is 9.59 Å². The number of nitrogens with one attached hydrogen (secondary N) is 2. The van der Waals surface area contributed by atoms with Gasteiger partial charge in [0.05, 0.1) is 14.2 Å². The lowest BCUT2D eigenvalue weighted by molar-refractivity contribution is 0.0950. The lowest BCUT2D eigenvalue weighted by atomic mass is 10.2. The molecular formula is C23H27N5O5S. The first-order chi connectivity index (χ1) is 16.4. The van der Waals surface area contributed by atoms with E-state index in [-0.39, 0.29) is 17.5 Å². The number of aromatic nitrogens is 2. The third-order valence-electron chi connectivity index (χ3n) is 4.63. The largest absolute Gasteiger partial charge is 0.493 e. The van der Waals surface area contributed by atoms with Crippen LogP contribution in [0.25, 0.3) is 0 Å². The molecular weight excluding hydrogens is 458 g/mol. The molecule has 2 amide bonds. The minimum Gasteiger partial charge on any atom is -0.493 e. The molecule has 34 heavy (non-hydrogen) atoms. The number of likely N-dealkylation sites (N-methyl/N-ethyl adjacent to an activating group) is 1. The fraction of sp³-hybridized carbons (Fsp3) is 0.304. The molecule has 2 aromatic carbocycles. The molecule has 0 saturated carbocycles. The Hall–Kier alpha value is -3.70. The highest BCUT2D eigenvalue weighted by Gasteiger charge is 2.15. The highest BCUT2D eigenvalue weighted by Crippen LogP contribution is 2.31. The first kappa shape index (κ1) is 24.9. The number of rotatable bonds is 11. The SMILES string of the molecule is COc1ccc(OCc2nnc(C(=O)Nc3ccc(C(=O)NCCN(C)C)cc3)s2)cc1OC. The normalized spacial score (nSPS) is 10.6. The molecule has 0 radical (unpaired) electrons. The minimum absolute atomic E-state index is 0.151. The Kier molecular flexibility index (Phi) is 8.77. The summed E-state index contributed by atoms with van der Waals surface area (Å²) in [7, 11) is 6.99. The van der Waals surface area contributed by atoms with Crippen molar-refractivity contribution >= 4 is 28.8 Å². The van der Waals surface area contributed by atoms with Crippen molar-refractivity contribution in [3.05, 3.63) is 58.0 Å². The summed E-state index contributed by atoms with van der Waals surface area (Å²) >= 11 is 1.13. The van der Waals surface area contributed by atoms with Crippen LogP contribution in [0.2, 0.25) is 0 Å². The third-order valence-corrected chi connectivity index (χ3v) is 5.52. The van der Waals surface area contributed by atoms with E-state index in [0.29, 0.717) is 40.1 Å². The Morgan fingerprint density at radius 3 is 2.38 bits per heavy atom. The van der Waals surface area contributed by atoms with Gasteiger partial charge in [-0.3, -0.25) is 9.59 Å². The predicted molar refractivity (Wildman–Crippen MR) is 129 cm³/mol. The maximum atomic E-state index is 12.5. The third kappa shape index (κ3) is 6.90. The maximum Gasteiger partial charge on any atom is 0.286 e. The van der Waals surface area contributed by atoms with E-state index >= 15 is 0 Å². The number of methoxy groups -OCH3 is 2. The van der Waals surface area contributed by atoms with Gasteiger partial charge in [-0.05, 0) is 50.5 Å². The second kappa shape index (κ2) is 12.0. The molecule has 0 aliphatic rings. The standard InChI is InChI=1S/C23H27N5O5S/c1-28(2)12-11-24-21(29)15-5-7-16(8-6-15)25-22(30)23-27-26-20(34-23)14-33-17-9-10-18(31-3)19(13-17)32-4/h5-10,13H,11-12,14H2,1-4H3,(H,24,29)(H,25,30). The first-order valence-electron chi connectivity index (χ1n) is 10.4. The molecule has 0 atom stereocenters. The van der Waals surface area contributed by atoms with Gasteiger partial charge in [0.2, 0.25) is 5.01 Å². The molecule has 3 rings (SSSR count). The summed E-state index contributed by atoms with van der Waals surface area (Å²) in [4.78, 5) is 26.7.